The molecule has 7 rings (SSSR count). The zero-order valence-corrected chi connectivity index (χ0v) is 25.0. The highest BCUT2D eigenvalue weighted by molar-refractivity contribution is 6.22. The van der Waals surface area contributed by atoms with E-state index in [1.807, 2.05) is 67.5 Å². The highest BCUT2D eigenvalue weighted by Crippen LogP contribution is 2.34. The Labute approximate surface area is 258 Å². The van der Waals surface area contributed by atoms with E-state index in [2.05, 4.69) is 95.3 Å². The topological polar surface area (TPSA) is 67.6 Å². The van der Waals surface area contributed by atoms with Crippen molar-refractivity contribution in [2.24, 2.45) is 15.0 Å². The van der Waals surface area contributed by atoms with Gasteiger partial charge in [0.05, 0.1) is 17.1 Å². The maximum absolute atomic E-state index is 5.14. The second-order valence-electron chi connectivity index (χ2n) is 11.0. The number of guanidine groups is 1. The van der Waals surface area contributed by atoms with E-state index in [0.717, 1.165) is 63.2 Å². The summed E-state index contributed by atoms with van der Waals surface area (Å²) in [5, 5.41) is 7.21. The van der Waals surface area contributed by atoms with Crippen LogP contribution in [0, 0.1) is 0 Å². The molecule has 0 amide bonds. The SMILES string of the molecule is CCc1ccc(C2=NC3=CC=CC4=CC(c5ccc(N(C)C)cc5Nc5ccccc5)=NC(=N2)N43)c(Nc2ccccc2)c1. The molecule has 0 aromatic heterocycles. The van der Waals surface area contributed by atoms with Crippen molar-refractivity contribution in [2.75, 3.05) is 29.6 Å². The molecule has 0 aliphatic carbocycles. The molecule has 0 bridgehead atoms. The Balaban J connectivity index is 1.33. The minimum atomic E-state index is 0.589. The van der Waals surface area contributed by atoms with Gasteiger partial charge in [-0.3, -0.25) is 4.90 Å². The highest BCUT2D eigenvalue weighted by atomic mass is 15.4. The maximum Gasteiger partial charge on any atom is 0.238 e. The number of aliphatic imine (C=N–C) groups is 3. The number of aryl methyl sites for hydroxylation is 1. The Morgan fingerprint density at radius 1 is 0.727 bits per heavy atom. The lowest BCUT2D eigenvalue weighted by Gasteiger charge is -2.33. The van der Waals surface area contributed by atoms with Crippen molar-refractivity contribution in [2.45, 2.75) is 13.3 Å². The predicted molar refractivity (Wildman–Crippen MR) is 184 cm³/mol. The van der Waals surface area contributed by atoms with Crippen molar-refractivity contribution in [3.05, 3.63) is 150 Å². The standard InChI is InChI=1S/C37H33N7/c1-4-25-18-20-31(32(22-25)38-26-12-7-5-8-13-26)36-41-35-17-11-16-29-24-34(40-37(42-36)44(29)35)30-21-19-28(43(2)3)23-33(30)39-27-14-9-6-10-15-27/h5-24,38-39H,4H2,1-3H3. The first kappa shape index (κ1) is 27.2. The van der Waals surface area contributed by atoms with E-state index >= 15 is 0 Å². The van der Waals surface area contributed by atoms with Gasteiger partial charge in [-0.15, -0.1) is 0 Å². The molecule has 3 aliphatic rings. The van der Waals surface area contributed by atoms with Crippen LogP contribution in [-0.2, 0) is 6.42 Å². The van der Waals surface area contributed by atoms with Gasteiger partial charge >= 0.3 is 0 Å². The third-order valence-corrected chi connectivity index (χ3v) is 7.77. The number of nitrogens with one attached hydrogen (secondary N) is 2. The van der Waals surface area contributed by atoms with E-state index in [-0.39, 0.29) is 0 Å². The van der Waals surface area contributed by atoms with Crippen LogP contribution in [0.4, 0.5) is 28.4 Å². The van der Waals surface area contributed by atoms with Crippen LogP contribution < -0.4 is 15.5 Å². The molecule has 7 nitrogen and oxygen atoms in total. The summed E-state index contributed by atoms with van der Waals surface area (Å²) >= 11 is 0. The lowest BCUT2D eigenvalue weighted by atomic mass is 10.0. The molecule has 44 heavy (non-hydrogen) atoms. The van der Waals surface area contributed by atoms with Gasteiger partial charge in [0.2, 0.25) is 5.96 Å². The summed E-state index contributed by atoms with van der Waals surface area (Å²) in [6.45, 7) is 2.16. The summed E-state index contributed by atoms with van der Waals surface area (Å²) in [6.07, 6.45) is 9.15. The van der Waals surface area contributed by atoms with E-state index < -0.39 is 0 Å². The van der Waals surface area contributed by atoms with Gasteiger partial charge in [0.25, 0.3) is 0 Å². The van der Waals surface area contributed by atoms with Gasteiger partial charge in [0.15, 0.2) is 5.84 Å². The van der Waals surface area contributed by atoms with Gasteiger partial charge in [0.1, 0.15) is 5.82 Å². The normalized spacial score (nSPS) is 14.9. The third kappa shape index (κ3) is 5.31. The maximum atomic E-state index is 5.14. The molecule has 7 heteroatoms. The summed E-state index contributed by atoms with van der Waals surface area (Å²) in [7, 11) is 4.09. The molecule has 3 heterocycles. The molecule has 3 aliphatic heterocycles. The molecule has 216 valence electrons. The molecular weight excluding hydrogens is 542 g/mol. The molecule has 4 aromatic rings. The molecule has 0 radical (unpaired) electrons. The third-order valence-electron chi connectivity index (χ3n) is 7.77. The smallest absolute Gasteiger partial charge is 0.238 e. The van der Waals surface area contributed by atoms with Crippen molar-refractivity contribution in [3.8, 4) is 0 Å². The Morgan fingerprint density at radius 3 is 2.09 bits per heavy atom. The van der Waals surface area contributed by atoms with Crippen LogP contribution in [0.15, 0.2) is 148 Å². The second kappa shape index (κ2) is 11.5. The first-order valence-corrected chi connectivity index (χ1v) is 14.8. The van der Waals surface area contributed by atoms with Crippen molar-refractivity contribution in [1.82, 2.24) is 4.90 Å². The molecule has 0 unspecified atom stereocenters. The average molecular weight is 576 g/mol. The van der Waals surface area contributed by atoms with Crippen molar-refractivity contribution in [3.63, 3.8) is 0 Å². The van der Waals surface area contributed by atoms with Gasteiger partial charge < -0.3 is 15.5 Å². The lowest BCUT2D eigenvalue weighted by molar-refractivity contribution is 0.617. The number of allylic oxidation sites excluding steroid dienone is 4. The zero-order valence-electron chi connectivity index (χ0n) is 25.0. The van der Waals surface area contributed by atoms with Crippen molar-refractivity contribution < 1.29 is 0 Å². The summed E-state index contributed by atoms with van der Waals surface area (Å²) in [5.41, 5.74) is 9.99. The summed E-state index contributed by atoms with van der Waals surface area (Å²) in [5.74, 6) is 2.00. The lowest BCUT2D eigenvalue weighted by Crippen LogP contribution is -2.36. The largest absolute Gasteiger partial charge is 0.378 e. The number of nitrogens with zero attached hydrogens (tertiary/aromatic N) is 5. The van der Waals surface area contributed by atoms with Crippen LogP contribution >= 0.6 is 0 Å². The number of anilines is 5. The summed E-state index contributed by atoms with van der Waals surface area (Å²) in [6, 6.07) is 33.2. The number of rotatable bonds is 8. The van der Waals surface area contributed by atoms with Crippen LogP contribution in [-0.4, -0.2) is 36.5 Å². The summed E-state index contributed by atoms with van der Waals surface area (Å²) in [4.78, 5) is 19.3. The van der Waals surface area contributed by atoms with Crippen LogP contribution in [0.25, 0.3) is 0 Å². The first-order valence-electron chi connectivity index (χ1n) is 14.8. The average Bonchev–Trinajstić information content (AvgIpc) is 3.05. The monoisotopic (exact) mass is 575 g/mol. The predicted octanol–water partition coefficient (Wildman–Crippen LogP) is 8.02. The molecule has 0 fully saturated rings. The van der Waals surface area contributed by atoms with Crippen LogP contribution in [0.3, 0.4) is 0 Å². The molecule has 0 saturated heterocycles. The molecule has 0 spiro atoms. The second-order valence-corrected chi connectivity index (χ2v) is 11.0. The van der Waals surface area contributed by atoms with E-state index in [1.165, 1.54) is 5.56 Å². The van der Waals surface area contributed by atoms with E-state index in [1.54, 1.807) is 0 Å². The number of hydrogen-bond donors (Lipinski definition) is 2. The fourth-order valence-corrected chi connectivity index (χ4v) is 5.42. The first-order chi connectivity index (χ1) is 21.6. The Bertz CT molecular complexity index is 1910. The fraction of sp³-hybridized carbons (Fsp3) is 0.108. The van der Waals surface area contributed by atoms with E-state index in [4.69, 9.17) is 15.0 Å². The Kier molecular flexibility index (Phi) is 7.12. The van der Waals surface area contributed by atoms with Gasteiger partial charge in [-0.25, -0.2) is 9.98 Å². The molecule has 0 atom stereocenters. The molecular formula is C37H33N7. The fourth-order valence-electron chi connectivity index (χ4n) is 5.42. The van der Waals surface area contributed by atoms with Crippen LogP contribution in [0.1, 0.15) is 23.6 Å². The quantitative estimate of drug-likeness (QED) is 0.223. The van der Waals surface area contributed by atoms with Crippen LogP contribution in [0.2, 0.25) is 0 Å². The Hall–Kier alpha value is -5.69. The summed E-state index contributed by atoms with van der Waals surface area (Å²) < 4.78 is 0. The minimum absolute atomic E-state index is 0.589. The number of para-hydroxylation sites is 2. The molecule has 4 aromatic carbocycles. The van der Waals surface area contributed by atoms with Crippen LogP contribution in [0.5, 0.6) is 0 Å². The highest BCUT2D eigenvalue weighted by Gasteiger charge is 2.31. The van der Waals surface area contributed by atoms with E-state index in [0.29, 0.717) is 11.8 Å². The van der Waals surface area contributed by atoms with Gasteiger partial charge in [-0.05, 0) is 84.8 Å². The van der Waals surface area contributed by atoms with Crippen molar-refractivity contribution in [1.29, 1.82) is 0 Å². The molecule has 0 saturated carbocycles. The van der Waals surface area contributed by atoms with Gasteiger partial charge in [-0.1, -0.05) is 55.5 Å². The molecule has 2 N–H and O–H groups in total. The van der Waals surface area contributed by atoms with E-state index in [9.17, 15) is 0 Å². The zero-order chi connectivity index (χ0) is 30.0. The Morgan fingerprint density at radius 2 is 1.41 bits per heavy atom. The van der Waals surface area contributed by atoms with Gasteiger partial charge in [0, 0.05) is 48.0 Å². The van der Waals surface area contributed by atoms with Gasteiger partial charge in [-0.2, -0.15) is 4.99 Å². The number of hydrogen-bond acceptors (Lipinski definition) is 7. The van der Waals surface area contributed by atoms with Crippen molar-refractivity contribution >= 4 is 45.9 Å². The number of benzene rings is 4. The number of amidine groups is 1. The minimum Gasteiger partial charge on any atom is -0.378 e.